The van der Waals surface area contributed by atoms with Crippen LogP contribution in [0.5, 0.6) is 0 Å². The summed E-state index contributed by atoms with van der Waals surface area (Å²) in [5.41, 5.74) is 2.78. The van der Waals surface area contributed by atoms with E-state index in [4.69, 9.17) is 0 Å². The van der Waals surface area contributed by atoms with Crippen LogP contribution in [-0.2, 0) is 4.79 Å². The molecule has 2 rings (SSSR count). The van der Waals surface area contributed by atoms with E-state index in [1.54, 1.807) is 6.92 Å². The quantitative estimate of drug-likeness (QED) is 0.765. The molecule has 1 saturated heterocycles. The average molecular weight is 231 g/mol. The molecule has 17 heavy (non-hydrogen) atoms. The summed E-state index contributed by atoms with van der Waals surface area (Å²) in [6.07, 6.45) is 1.10. The fourth-order valence-corrected chi connectivity index (χ4v) is 2.49. The highest BCUT2D eigenvalue weighted by atomic mass is 16.2. The molecule has 1 aromatic carbocycles. The summed E-state index contributed by atoms with van der Waals surface area (Å²) in [6, 6.07) is 8.83. The van der Waals surface area contributed by atoms with Crippen LogP contribution >= 0.6 is 0 Å². The minimum absolute atomic E-state index is 0.201. The SMILES string of the molecule is CC(=O)N1CCC(c2cccc(C(C)C)c2)C1. The third-order valence-electron chi connectivity index (χ3n) is 3.68. The highest BCUT2D eigenvalue weighted by Crippen LogP contribution is 2.29. The number of hydrogen-bond acceptors (Lipinski definition) is 1. The van der Waals surface area contributed by atoms with Crippen molar-refractivity contribution < 1.29 is 4.79 Å². The average Bonchev–Trinajstić information content (AvgIpc) is 2.78. The summed E-state index contributed by atoms with van der Waals surface area (Å²) in [5.74, 6) is 1.30. The van der Waals surface area contributed by atoms with E-state index in [1.807, 2.05) is 4.90 Å². The molecule has 1 amide bonds. The number of rotatable bonds is 2. The van der Waals surface area contributed by atoms with Gasteiger partial charge in [-0.3, -0.25) is 4.79 Å². The Balaban J connectivity index is 2.13. The molecule has 0 radical (unpaired) electrons. The molecule has 0 aromatic heterocycles. The molecule has 1 aliphatic rings. The first-order valence-corrected chi connectivity index (χ1v) is 6.43. The molecular weight excluding hydrogens is 210 g/mol. The lowest BCUT2D eigenvalue weighted by molar-refractivity contribution is -0.127. The van der Waals surface area contributed by atoms with Gasteiger partial charge in [0, 0.05) is 25.9 Å². The van der Waals surface area contributed by atoms with Crippen molar-refractivity contribution in [1.82, 2.24) is 4.90 Å². The maximum atomic E-state index is 11.3. The Morgan fingerprint density at radius 2 is 2.18 bits per heavy atom. The second kappa shape index (κ2) is 4.91. The van der Waals surface area contributed by atoms with Gasteiger partial charge in [-0.25, -0.2) is 0 Å². The molecule has 0 saturated carbocycles. The molecular formula is C15H21NO. The van der Waals surface area contributed by atoms with Gasteiger partial charge >= 0.3 is 0 Å². The summed E-state index contributed by atoms with van der Waals surface area (Å²) in [7, 11) is 0. The van der Waals surface area contributed by atoms with E-state index in [1.165, 1.54) is 11.1 Å². The number of carbonyl (C=O) groups excluding carboxylic acids is 1. The number of carbonyl (C=O) groups is 1. The van der Waals surface area contributed by atoms with Crippen molar-refractivity contribution in [2.24, 2.45) is 0 Å². The van der Waals surface area contributed by atoms with Gasteiger partial charge in [-0.2, -0.15) is 0 Å². The Bertz CT molecular complexity index is 411. The zero-order valence-electron chi connectivity index (χ0n) is 10.9. The van der Waals surface area contributed by atoms with Crippen LogP contribution in [0.25, 0.3) is 0 Å². The maximum Gasteiger partial charge on any atom is 0.219 e. The van der Waals surface area contributed by atoms with E-state index in [2.05, 4.69) is 38.1 Å². The molecule has 1 unspecified atom stereocenters. The van der Waals surface area contributed by atoms with Crippen LogP contribution in [0.3, 0.4) is 0 Å². The Hall–Kier alpha value is -1.31. The fourth-order valence-electron chi connectivity index (χ4n) is 2.49. The summed E-state index contributed by atoms with van der Waals surface area (Å²) in [6.45, 7) is 7.89. The summed E-state index contributed by atoms with van der Waals surface area (Å²) >= 11 is 0. The lowest BCUT2D eigenvalue weighted by Gasteiger charge is -2.15. The monoisotopic (exact) mass is 231 g/mol. The molecule has 1 aliphatic heterocycles. The molecule has 1 heterocycles. The van der Waals surface area contributed by atoms with Gasteiger partial charge in [-0.15, -0.1) is 0 Å². The fraction of sp³-hybridized carbons (Fsp3) is 0.533. The van der Waals surface area contributed by atoms with Gasteiger partial charge in [0.15, 0.2) is 0 Å². The van der Waals surface area contributed by atoms with Crippen molar-refractivity contribution in [3.8, 4) is 0 Å². The predicted molar refractivity (Wildman–Crippen MR) is 70.1 cm³/mol. The van der Waals surface area contributed by atoms with Gasteiger partial charge in [-0.05, 0) is 23.5 Å². The molecule has 1 aromatic rings. The van der Waals surface area contributed by atoms with Gasteiger partial charge < -0.3 is 4.90 Å². The van der Waals surface area contributed by atoms with Crippen molar-refractivity contribution in [3.05, 3.63) is 35.4 Å². The number of likely N-dealkylation sites (tertiary alicyclic amines) is 1. The Morgan fingerprint density at radius 1 is 1.41 bits per heavy atom. The smallest absolute Gasteiger partial charge is 0.219 e. The van der Waals surface area contributed by atoms with Gasteiger partial charge in [0.25, 0.3) is 0 Å². The molecule has 0 bridgehead atoms. The Labute approximate surface area is 104 Å². The van der Waals surface area contributed by atoms with E-state index < -0.39 is 0 Å². The summed E-state index contributed by atoms with van der Waals surface area (Å²) in [5, 5.41) is 0. The van der Waals surface area contributed by atoms with Crippen LogP contribution in [0, 0.1) is 0 Å². The maximum absolute atomic E-state index is 11.3. The molecule has 92 valence electrons. The number of benzene rings is 1. The normalized spacial score (nSPS) is 20.0. The van der Waals surface area contributed by atoms with Crippen molar-refractivity contribution in [2.45, 2.75) is 39.0 Å². The molecule has 2 heteroatoms. The van der Waals surface area contributed by atoms with Gasteiger partial charge in [0.05, 0.1) is 0 Å². The highest BCUT2D eigenvalue weighted by Gasteiger charge is 2.25. The lowest BCUT2D eigenvalue weighted by Crippen LogP contribution is -2.25. The molecule has 0 N–H and O–H groups in total. The van der Waals surface area contributed by atoms with Gasteiger partial charge in [0.2, 0.25) is 5.91 Å². The van der Waals surface area contributed by atoms with Crippen molar-refractivity contribution in [2.75, 3.05) is 13.1 Å². The van der Waals surface area contributed by atoms with Crippen LogP contribution in [0.1, 0.15) is 50.2 Å². The van der Waals surface area contributed by atoms with E-state index in [-0.39, 0.29) is 5.91 Å². The van der Waals surface area contributed by atoms with Crippen LogP contribution in [0.2, 0.25) is 0 Å². The van der Waals surface area contributed by atoms with E-state index in [9.17, 15) is 4.79 Å². The van der Waals surface area contributed by atoms with Crippen molar-refractivity contribution in [1.29, 1.82) is 0 Å². The minimum atomic E-state index is 0.201. The Morgan fingerprint density at radius 3 is 2.76 bits per heavy atom. The third-order valence-corrected chi connectivity index (χ3v) is 3.68. The lowest BCUT2D eigenvalue weighted by atomic mass is 9.93. The molecule has 1 atom stereocenters. The zero-order chi connectivity index (χ0) is 12.4. The van der Waals surface area contributed by atoms with Crippen molar-refractivity contribution >= 4 is 5.91 Å². The number of amides is 1. The van der Waals surface area contributed by atoms with E-state index in [0.717, 1.165) is 19.5 Å². The standard InChI is InChI=1S/C15H21NO/c1-11(2)13-5-4-6-14(9-13)15-7-8-16(10-15)12(3)17/h4-6,9,11,15H,7-8,10H2,1-3H3. The first-order chi connectivity index (χ1) is 8.08. The first kappa shape index (κ1) is 12.2. The topological polar surface area (TPSA) is 20.3 Å². The van der Waals surface area contributed by atoms with Gasteiger partial charge in [0.1, 0.15) is 0 Å². The van der Waals surface area contributed by atoms with Crippen LogP contribution in [0.4, 0.5) is 0 Å². The third kappa shape index (κ3) is 2.68. The van der Waals surface area contributed by atoms with E-state index in [0.29, 0.717) is 11.8 Å². The summed E-state index contributed by atoms with van der Waals surface area (Å²) in [4.78, 5) is 13.3. The Kier molecular flexibility index (Phi) is 3.51. The molecule has 2 nitrogen and oxygen atoms in total. The molecule has 0 spiro atoms. The van der Waals surface area contributed by atoms with Crippen molar-refractivity contribution in [3.63, 3.8) is 0 Å². The predicted octanol–water partition coefficient (Wildman–Crippen LogP) is 3.15. The second-order valence-corrected chi connectivity index (χ2v) is 5.28. The highest BCUT2D eigenvalue weighted by molar-refractivity contribution is 5.73. The molecule has 0 aliphatic carbocycles. The number of nitrogens with zero attached hydrogens (tertiary/aromatic N) is 1. The van der Waals surface area contributed by atoms with Gasteiger partial charge in [-0.1, -0.05) is 38.1 Å². The minimum Gasteiger partial charge on any atom is -0.342 e. The van der Waals surface area contributed by atoms with Crippen LogP contribution in [0.15, 0.2) is 24.3 Å². The largest absolute Gasteiger partial charge is 0.342 e. The van der Waals surface area contributed by atoms with E-state index >= 15 is 0 Å². The second-order valence-electron chi connectivity index (χ2n) is 5.28. The van der Waals surface area contributed by atoms with Crippen LogP contribution < -0.4 is 0 Å². The molecule has 1 fully saturated rings. The first-order valence-electron chi connectivity index (χ1n) is 6.43. The van der Waals surface area contributed by atoms with Crippen LogP contribution in [-0.4, -0.2) is 23.9 Å². The number of hydrogen-bond donors (Lipinski definition) is 0. The zero-order valence-corrected chi connectivity index (χ0v) is 10.9. The summed E-state index contributed by atoms with van der Waals surface area (Å²) < 4.78 is 0.